The minimum absolute atomic E-state index is 0. The van der Waals surface area contributed by atoms with Crippen LogP contribution in [0.1, 0.15) is 36.0 Å². The molecule has 1 aromatic carbocycles. The van der Waals surface area contributed by atoms with Gasteiger partial charge >= 0.3 is 0 Å². The van der Waals surface area contributed by atoms with E-state index in [1.54, 1.807) is 0 Å². The van der Waals surface area contributed by atoms with E-state index in [0.29, 0.717) is 0 Å². The summed E-state index contributed by atoms with van der Waals surface area (Å²) in [4.78, 5) is 2.53. The molecule has 3 heteroatoms. The van der Waals surface area contributed by atoms with Crippen LogP contribution in [0.25, 0.3) is 0 Å². The summed E-state index contributed by atoms with van der Waals surface area (Å²) in [5.41, 5.74) is 4.26. The van der Waals surface area contributed by atoms with E-state index in [-0.39, 0.29) is 12.4 Å². The molecule has 0 aromatic heterocycles. The third-order valence-corrected chi connectivity index (χ3v) is 4.09. The van der Waals surface area contributed by atoms with Crippen LogP contribution in [0.3, 0.4) is 0 Å². The molecule has 1 fully saturated rings. The van der Waals surface area contributed by atoms with E-state index in [1.165, 1.54) is 49.0 Å². The van der Waals surface area contributed by atoms with Crippen molar-refractivity contribution in [2.24, 2.45) is 0 Å². The highest BCUT2D eigenvalue weighted by atomic mass is 35.5. The zero-order chi connectivity index (χ0) is 13.0. The van der Waals surface area contributed by atoms with Crippen LogP contribution in [0.15, 0.2) is 18.2 Å². The molecule has 1 atom stereocenters. The highest BCUT2D eigenvalue weighted by molar-refractivity contribution is 5.85. The predicted octanol–water partition coefficient (Wildman–Crippen LogP) is 3.30. The lowest BCUT2D eigenvalue weighted by Crippen LogP contribution is -2.32. The topological polar surface area (TPSA) is 15.3 Å². The summed E-state index contributed by atoms with van der Waals surface area (Å²) in [6.07, 6.45) is 3.91. The molecule has 1 unspecified atom stereocenters. The normalized spacial score (nSPS) is 19.9. The summed E-state index contributed by atoms with van der Waals surface area (Å²) in [6.45, 7) is 7.83. The second-order valence-corrected chi connectivity index (χ2v) is 5.68. The molecule has 1 aliphatic heterocycles. The molecule has 0 aliphatic carbocycles. The zero-order valence-electron chi connectivity index (χ0n) is 12.4. The van der Waals surface area contributed by atoms with Gasteiger partial charge in [0.05, 0.1) is 0 Å². The average molecular weight is 283 g/mol. The molecule has 1 N–H and O–H groups in total. The Morgan fingerprint density at radius 1 is 1.21 bits per heavy atom. The van der Waals surface area contributed by atoms with Crippen molar-refractivity contribution in [3.63, 3.8) is 0 Å². The number of aryl methyl sites for hydroxylation is 2. The first-order valence-electron chi connectivity index (χ1n) is 7.14. The molecule has 0 amide bonds. The van der Waals surface area contributed by atoms with Gasteiger partial charge in [0.15, 0.2) is 0 Å². The monoisotopic (exact) mass is 282 g/mol. The van der Waals surface area contributed by atoms with Crippen LogP contribution in [0, 0.1) is 13.8 Å². The third kappa shape index (κ3) is 4.79. The molecule has 2 nitrogen and oxygen atoms in total. The lowest BCUT2D eigenvalue weighted by Gasteiger charge is -2.27. The van der Waals surface area contributed by atoms with E-state index in [2.05, 4.69) is 49.3 Å². The molecule has 0 saturated carbocycles. The zero-order valence-corrected chi connectivity index (χ0v) is 13.2. The molecule has 1 saturated heterocycles. The van der Waals surface area contributed by atoms with Crippen LogP contribution in [0.2, 0.25) is 0 Å². The van der Waals surface area contributed by atoms with Crippen molar-refractivity contribution >= 4 is 12.4 Å². The summed E-state index contributed by atoms with van der Waals surface area (Å²) in [5, 5.41) is 3.49. The Kier molecular flexibility index (Phi) is 6.84. The molecule has 0 radical (unpaired) electrons. The van der Waals surface area contributed by atoms with Gasteiger partial charge in [-0.2, -0.15) is 0 Å². The lowest BCUT2D eigenvalue weighted by molar-refractivity contribution is 0.216. The maximum absolute atomic E-state index is 3.49. The van der Waals surface area contributed by atoms with Gasteiger partial charge in [-0.25, -0.2) is 0 Å². The fourth-order valence-corrected chi connectivity index (χ4v) is 2.86. The number of nitrogens with one attached hydrogen (secondary N) is 1. The molecule has 0 bridgehead atoms. The van der Waals surface area contributed by atoms with Gasteiger partial charge in [-0.15, -0.1) is 12.4 Å². The fraction of sp³-hybridized carbons (Fsp3) is 0.625. The first kappa shape index (κ1) is 16.5. The highest BCUT2D eigenvalue weighted by Gasteiger charge is 2.17. The van der Waals surface area contributed by atoms with E-state index in [4.69, 9.17) is 0 Å². The second-order valence-electron chi connectivity index (χ2n) is 5.68. The Hall–Kier alpha value is -0.570. The summed E-state index contributed by atoms with van der Waals surface area (Å²) < 4.78 is 0. The smallest absolute Gasteiger partial charge is 0.0236 e. The summed E-state index contributed by atoms with van der Waals surface area (Å²) in [6, 6.07) is 7.54. The van der Waals surface area contributed by atoms with Crippen molar-refractivity contribution in [2.45, 2.75) is 45.7 Å². The van der Waals surface area contributed by atoms with Gasteiger partial charge < -0.3 is 5.32 Å². The Labute approximate surface area is 124 Å². The standard InChI is InChI=1S/C16H26N2.ClH/c1-13-6-7-15(14(2)11-13)12-18(3)16-5-4-9-17-10-8-16;/h6-7,11,16-17H,4-5,8-10,12H2,1-3H3;1H. The van der Waals surface area contributed by atoms with Crippen LogP contribution in [0.5, 0.6) is 0 Å². The molecule has 2 rings (SSSR count). The number of halogens is 1. The van der Waals surface area contributed by atoms with Gasteiger partial charge in [-0.05, 0) is 64.4 Å². The van der Waals surface area contributed by atoms with Crippen molar-refractivity contribution in [1.29, 1.82) is 0 Å². The van der Waals surface area contributed by atoms with Crippen molar-refractivity contribution < 1.29 is 0 Å². The highest BCUT2D eigenvalue weighted by Crippen LogP contribution is 2.17. The number of benzene rings is 1. The Bertz CT molecular complexity index is 384. The molecular formula is C16H27ClN2. The number of rotatable bonds is 3. The van der Waals surface area contributed by atoms with E-state index >= 15 is 0 Å². The van der Waals surface area contributed by atoms with Crippen LogP contribution < -0.4 is 5.32 Å². The van der Waals surface area contributed by atoms with E-state index in [0.717, 1.165) is 12.6 Å². The van der Waals surface area contributed by atoms with Crippen LogP contribution in [0.4, 0.5) is 0 Å². The number of hydrogen-bond acceptors (Lipinski definition) is 2. The number of hydrogen-bond donors (Lipinski definition) is 1. The molecule has 1 aromatic rings. The molecule has 19 heavy (non-hydrogen) atoms. The van der Waals surface area contributed by atoms with Gasteiger partial charge in [0.25, 0.3) is 0 Å². The largest absolute Gasteiger partial charge is 0.317 e. The summed E-state index contributed by atoms with van der Waals surface area (Å²) in [5.74, 6) is 0. The molecule has 1 heterocycles. The maximum Gasteiger partial charge on any atom is 0.0236 e. The number of nitrogens with zero attached hydrogens (tertiary/aromatic N) is 1. The van der Waals surface area contributed by atoms with E-state index in [1.807, 2.05) is 0 Å². The predicted molar refractivity (Wildman–Crippen MR) is 85.1 cm³/mol. The van der Waals surface area contributed by atoms with Gasteiger partial charge in [0, 0.05) is 12.6 Å². The molecular weight excluding hydrogens is 256 g/mol. The quantitative estimate of drug-likeness (QED) is 0.915. The van der Waals surface area contributed by atoms with Crippen LogP contribution in [-0.4, -0.2) is 31.1 Å². The Balaban J connectivity index is 0.00000180. The first-order valence-corrected chi connectivity index (χ1v) is 7.14. The van der Waals surface area contributed by atoms with Gasteiger partial charge in [0.2, 0.25) is 0 Å². The first-order chi connectivity index (χ1) is 8.66. The maximum atomic E-state index is 3.49. The third-order valence-electron chi connectivity index (χ3n) is 4.09. The van der Waals surface area contributed by atoms with Gasteiger partial charge in [-0.1, -0.05) is 23.8 Å². The lowest BCUT2D eigenvalue weighted by atomic mass is 10.0. The SMILES string of the molecule is Cc1ccc(CN(C)C2CCCNCC2)c(C)c1.Cl. The van der Waals surface area contributed by atoms with Gasteiger partial charge in [-0.3, -0.25) is 4.90 Å². The van der Waals surface area contributed by atoms with Crippen molar-refractivity contribution in [2.75, 3.05) is 20.1 Å². The van der Waals surface area contributed by atoms with Crippen LogP contribution in [-0.2, 0) is 6.54 Å². The van der Waals surface area contributed by atoms with Crippen molar-refractivity contribution in [1.82, 2.24) is 10.2 Å². The Morgan fingerprint density at radius 3 is 2.74 bits per heavy atom. The van der Waals surface area contributed by atoms with E-state index < -0.39 is 0 Å². The molecule has 108 valence electrons. The molecule has 1 aliphatic rings. The van der Waals surface area contributed by atoms with Crippen LogP contribution >= 0.6 is 12.4 Å². The second kappa shape index (κ2) is 7.88. The van der Waals surface area contributed by atoms with Crippen molar-refractivity contribution in [3.05, 3.63) is 34.9 Å². The van der Waals surface area contributed by atoms with E-state index in [9.17, 15) is 0 Å². The van der Waals surface area contributed by atoms with Crippen molar-refractivity contribution in [3.8, 4) is 0 Å². The Morgan fingerprint density at radius 2 is 2.00 bits per heavy atom. The fourth-order valence-electron chi connectivity index (χ4n) is 2.86. The summed E-state index contributed by atoms with van der Waals surface area (Å²) in [7, 11) is 2.27. The minimum Gasteiger partial charge on any atom is -0.317 e. The minimum atomic E-state index is 0. The summed E-state index contributed by atoms with van der Waals surface area (Å²) >= 11 is 0. The average Bonchev–Trinajstić information content (AvgIpc) is 2.61. The molecule has 0 spiro atoms. The van der Waals surface area contributed by atoms with Gasteiger partial charge in [0.1, 0.15) is 0 Å².